The van der Waals surface area contributed by atoms with Crippen LogP contribution in [-0.4, -0.2) is 58.8 Å². The van der Waals surface area contributed by atoms with Crippen molar-refractivity contribution in [2.45, 2.75) is 66.5 Å². The third kappa shape index (κ3) is 7.94. The fourth-order valence-corrected chi connectivity index (χ4v) is 4.06. The lowest BCUT2D eigenvalue weighted by Crippen LogP contribution is -2.54. The Morgan fingerprint density at radius 1 is 1.08 bits per heavy atom. The Kier molecular flexibility index (Phi) is 11.0. The zero-order valence-electron chi connectivity index (χ0n) is 23.3. The molecule has 12 heteroatoms. The Hall–Kier alpha value is -3.11. The van der Waals surface area contributed by atoms with Crippen molar-refractivity contribution in [3.05, 3.63) is 45.2 Å². The van der Waals surface area contributed by atoms with Crippen LogP contribution in [0.3, 0.4) is 0 Å². The number of nitrogens with zero attached hydrogens (tertiary/aromatic N) is 2. The molecule has 0 saturated carbocycles. The van der Waals surface area contributed by atoms with E-state index in [1.54, 1.807) is 59.7 Å². The number of rotatable bonds is 12. The second-order valence-corrected chi connectivity index (χ2v) is 9.65. The van der Waals surface area contributed by atoms with Crippen LogP contribution in [0.15, 0.2) is 18.2 Å². The largest absolute Gasteiger partial charge is 0.466 e. The third-order valence-electron chi connectivity index (χ3n) is 5.64. The van der Waals surface area contributed by atoms with E-state index in [0.717, 1.165) is 0 Å². The van der Waals surface area contributed by atoms with Crippen LogP contribution in [0.1, 0.15) is 62.3 Å². The highest BCUT2D eigenvalue weighted by Gasteiger charge is 2.31. The molecule has 2 amide bonds. The number of halogens is 2. The van der Waals surface area contributed by atoms with Crippen molar-refractivity contribution in [1.29, 1.82) is 0 Å². The van der Waals surface area contributed by atoms with Gasteiger partial charge in [0.1, 0.15) is 12.1 Å². The molecule has 10 nitrogen and oxygen atoms in total. The number of hydrogen-bond donors (Lipinski definition) is 2. The molecule has 0 saturated heterocycles. The molecule has 2 atom stereocenters. The number of esters is 2. The van der Waals surface area contributed by atoms with E-state index in [9.17, 15) is 19.2 Å². The van der Waals surface area contributed by atoms with Gasteiger partial charge in [-0.05, 0) is 58.2 Å². The molecule has 0 spiro atoms. The van der Waals surface area contributed by atoms with Crippen molar-refractivity contribution in [3.63, 3.8) is 0 Å². The standard InChI is InChI=1S/C26H34Cl2N4O6/c1-7-37-21(33)12-11-20(26(36)38-8-2)29-25(35)23(14(3)4)30-24(34)22-15(5)31-32(16(22)6)17-9-10-18(27)19(28)13-17/h9-10,13-14,20,23H,7-8,11-12H2,1-6H3,(H,29,35)(H,30,34)/t20-,23-/m0/s1/i/hD. The third-order valence-corrected chi connectivity index (χ3v) is 6.38. The number of carbonyl (C=O) groups is 4. The maximum Gasteiger partial charge on any atom is 0.328 e. The molecule has 38 heavy (non-hydrogen) atoms. The average molecular weight is 570 g/mol. The summed E-state index contributed by atoms with van der Waals surface area (Å²) in [5.41, 5.74) is 1.51. The van der Waals surface area contributed by atoms with Crippen molar-refractivity contribution < 1.29 is 30.1 Å². The SMILES string of the molecule is [2H]N(C(=O)c1c(C)nn(-c2ccc(Cl)c(Cl)c2)c1C)[C@H](C(=O)N[C@@H](CCC(=O)OCC)C(=O)OCC)C(C)C. The molecule has 0 radical (unpaired) electrons. The van der Waals surface area contributed by atoms with Gasteiger partial charge in [0.25, 0.3) is 5.91 Å². The molecule has 0 aliphatic carbocycles. The summed E-state index contributed by atoms with van der Waals surface area (Å²) in [5.74, 6) is -3.23. The van der Waals surface area contributed by atoms with E-state index in [2.05, 4.69) is 10.4 Å². The highest BCUT2D eigenvalue weighted by molar-refractivity contribution is 6.42. The quantitative estimate of drug-likeness (QED) is 0.370. The topological polar surface area (TPSA) is 129 Å². The molecule has 2 aromatic rings. The minimum atomic E-state index is -1.26. The van der Waals surface area contributed by atoms with Crippen LogP contribution in [-0.2, 0) is 23.9 Å². The number of nitrogens with one attached hydrogen (secondary N) is 2. The van der Waals surface area contributed by atoms with Crippen molar-refractivity contribution >= 4 is 47.0 Å². The highest BCUT2D eigenvalue weighted by Crippen LogP contribution is 2.26. The van der Waals surface area contributed by atoms with E-state index >= 15 is 0 Å². The molecular weight excluding hydrogens is 535 g/mol. The molecule has 0 unspecified atom stereocenters. The zero-order valence-corrected chi connectivity index (χ0v) is 23.9. The molecule has 0 aliphatic rings. The van der Waals surface area contributed by atoms with Gasteiger partial charge in [-0.15, -0.1) is 0 Å². The molecule has 2 N–H and O–H groups in total. The van der Waals surface area contributed by atoms with Crippen LogP contribution in [0.5, 0.6) is 0 Å². The summed E-state index contributed by atoms with van der Waals surface area (Å²) in [7, 11) is 0. The number of ether oxygens (including phenoxy) is 2. The summed E-state index contributed by atoms with van der Waals surface area (Å²) >= 11 is 12.2. The van der Waals surface area contributed by atoms with E-state index in [1.165, 1.54) is 4.68 Å². The zero-order chi connectivity index (χ0) is 29.4. The normalized spacial score (nSPS) is 12.9. The molecule has 0 bridgehead atoms. The Bertz CT molecular complexity index is 1220. The molecule has 1 aromatic carbocycles. The first-order chi connectivity index (χ1) is 18.3. The van der Waals surface area contributed by atoms with Gasteiger partial charge in [-0.1, -0.05) is 37.0 Å². The number of benzene rings is 1. The maximum absolute atomic E-state index is 13.5. The van der Waals surface area contributed by atoms with Gasteiger partial charge >= 0.3 is 11.9 Å². The first kappa shape index (κ1) is 29.4. The van der Waals surface area contributed by atoms with Gasteiger partial charge in [0.2, 0.25) is 5.91 Å². The molecule has 0 fully saturated rings. The van der Waals surface area contributed by atoms with Gasteiger partial charge in [0.05, 0.1) is 45.9 Å². The lowest BCUT2D eigenvalue weighted by atomic mass is 10.0. The number of aryl methyl sites for hydroxylation is 1. The van der Waals surface area contributed by atoms with Crippen molar-refractivity contribution in [1.82, 2.24) is 20.4 Å². The van der Waals surface area contributed by atoms with Crippen molar-refractivity contribution in [2.24, 2.45) is 5.92 Å². The first-order valence-electron chi connectivity index (χ1n) is 12.7. The Morgan fingerprint density at radius 3 is 2.32 bits per heavy atom. The lowest BCUT2D eigenvalue weighted by molar-refractivity contribution is -0.149. The van der Waals surface area contributed by atoms with Gasteiger partial charge in [-0.2, -0.15) is 5.10 Å². The van der Waals surface area contributed by atoms with Gasteiger partial charge < -0.3 is 20.1 Å². The molecule has 0 aliphatic heterocycles. The smallest absolute Gasteiger partial charge is 0.328 e. The second-order valence-electron chi connectivity index (χ2n) is 8.84. The van der Waals surface area contributed by atoms with Crippen molar-refractivity contribution in [2.75, 3.05) is 13.2 Å². The lowest BCUT2D eigenvalue weighted by Gasteiger charge is -2.25. The Morgan fingerprint density at radius 2 is 1.74 bits per heavy atom. The Balaban J connectivity index is 2.32. The maximum atomic E-state index is 13.5. The minimum Gasteiger partial charge on any atom is -0.466 e. The Labute approximate surface area is 233 Å². The van der Waals surface area contributed by atoms with E-state index in [1.807, 2.05) is 0 Å². The van der Waals surface area contributed by atoms with E-state index in [-0.39, 0.29) is 31.6 Å². The van der Waals surface area contributed by atoms with Crippen LogP contribution < -0.4 is 10.6 Å². The van der Waals surface area contributed by atoms with Gasteiger partial charge in [-0.25, -0.2) is 9.48 Å². The summed E-state index contributed by atoms with van der Waals surface area (Å²) in [6.45, 7) is 10.2. The molecule has 2 rings (SSSR count). The highest BCUT2D eigenvalue weighted by atomic mass is 35.5. The predicted octanol–water partition coefficient (Wildman–Crippen LogP) is 3.94. The van der Waals surface area contributed by atoms with E-state index < -0.39 is 41.8 Å². The average Bonchev–Trinajstić information content (AvgIpc) is 3.16. The number of amides is 2. The number of aromatic nitrogens is 2. The van der Waals surface area contributed by atoms with Gasteiger partial charge in [-0.3, -0.25) is 14.4 Å². The summed E-state index contributed by atoms with van der Waals surface area (Å²) in [5, 5.41) is 8.25. The van der Waals surface area contributed by atoms with Crippen LogP contribution in [0.2, 0.25) is 11.5 Å². The summed E-state index contributed by atoms with van der Waals surface area (Å²) in [6, 6.07) is 2.48. The summed E-state index contributed by atoms with van der Waals surface area (Å²) in [4.78, 5) is 51.2. The molecular formula is C26H34Cl2N4O6. The second kappa shape index (κ2) is 14.2. The molecule has 1 heterocycles. The van der Waals surface area contributed by atoms with E-state index in [0.29, 0.717) is 32.4 Å². The summed E-state index contributed by atoms with van der Waals surface area (Å²) < 4.78 is 20.1. The van der Waals surface area contributed by atoms with Crippen LogP contribution >= 0.6 is 23.2 Å². The number of carbonyl (C=O) groups excluding carboxylic acids is 4. The van der Waals surface area contributed by atoms with Crippen LogP contribution in [0.4, 0.5) is 0 Å². The molecule has 208 valence electrons. The fraction of sp³-hybridized carbons (Fsp3) is 0.500. The van der Waals surface area contributed by atoms with Crippen LogP contribution in [0, 0.1) is 19.8 Å². The number of hydrogen-bond acceptors (Lipinski definition) is 7. The van der Waals surface area contributed by atoms with Crippen molar-refractivity contribution in [3.8, 4) is 5.69 Å². The van der Waals surface area contributed by atoms with E-state index in [4.69, 9.17) is 34.1 Å². The monoisotopic (exact) mass is 569 g/mol. The first-order valence-corrected chi connectivity index (χ1v) is 13.1. The fourth-order valence-electron chi connectivity index (χ4n) is 3.77. The van der Waals surface area contributed by atoms with Crippen LogP contribution in [0.25, 0.3) is 5.69 Å². The van der Waals surface area contributed by atoms with Gasteiger partial charge in [0, 0.05) is 6.42 Å². The van der Waals surface area contributed by atoms with Gasteiger partial charge in [0.15, 0.2) is 1.41 Å². The predicted molar refractivity (Wildman–Crippen MR) is 144 cm³/mol. The minimum absolute atomic E-state index is 0.0607. The summed E-state index contributed by atoms with van der Waals surface area (Å²) in [6.07, 6.45) is -0.186. The molecule has 1 aromatic heterocycles.